The van der Waals surface area contributed by atoms with Crippen LogP contribution in [0.4, 0.5) is 0 Å². The summed E-state index contributed by atoms with van der Waals surface area (Å²) >= 11 is 0. The normalized spacial score (nSPS) is 18.8. The quantitative estimate of drug-likeness (QED) is 0.862. The molecule has 0 atom stereocenters. The molecule has 0 saturated carbocycles. The van der Waals surface area contributed by atoms with Crippen LogP contribution in [0, 0.1) is 0 Å². The number of nitrogens with one attached hydrogen (secondary N) is 1. The van der Waals surface area contributed by atoms with Crippen molar-refractivity contribution in [1.29, 1.82) is 0 Å². The topological polar surface area (TPSA) is 28.2 Å². The first-order valence-corrected chi connectivity index (χ1v) is 6.63. The highest BCUT2D eigenvalue weighted by Crippen LogP contribution is 2.13. The van der Waals surface area contributed by atoms with Crippen molar-refractivity contribution in [2.24, 2.45) is 0 Å². The Hall–Kier alpha value is -0.930. The van der Waals surface area contributed by atoms with Crippen molar-refractivity contribution in [1.82, 2.24) is 15.2 Å². The third-order valence-corrected chi connectivity index (χ3v) is 3.56. The zero-order valence-corrected chi connectivity index (χ0v) is 10.9. The van der Waals surface area contributed by atoms with Gasteiger partial charge in [-0.05, 0) is 51.9 Å². The molecule has 1 aromatic heterocycles. The number of nitrogens with zero attached hydrogens (tertiary/aromatic N) is 2. The smallest absolute Gasteiger partial charge is 0.0541 e. The molecule has 0 aliphatic carbocycles. The van der Waals surface area contributed by atoms with Gasteiger partial charge in [0.25, 0.3) is 0 Å². The van der Waals surface area contributed by atoms with Crippen molar-refractivity contribution in [2.45, 2.75) is 45.3 Å². The van der Waals surface area contributed by atoms with Gasteiger partial charge in [-0.1, -0.05) is 6.07 Å². The second-order valence-electron chi connectivity index (χ2n) is 5.11. The molecule has 0 amide bonds. The van der Waals surface area contributed by atoms with Crippen LogP contribution < -0.4 is 5.32 Å². The average Bonchev–Trinajstić information content (AvgIpc) is 2.38. The van der Waals surface area contributed by atoms with Gasteiger partial charge >= 0.3 is 0 Å². The van der Waals surface area contributed by atoms with E-state index in [1.54, 1.807) is 0 Å². The lowest BCUT2D eigenvalue weighted by molar-refractivity contribution is 0.160. The number of rotatable bonds is 4. The predicted molar refractivity (Wildman–Crippen MR) is 70.8 cm³/mol. The van der Waals surface area contributed by atoms with Gasteiger partial charge in [0.05, 0.1) is 5.69 Å². The molecule has 1 saturated heterocycles. The predicted octanol–water partition coefficient (Wildman–Crippen LogP) is 2.04. The lowest BCUT2D eigenvalue weighted by atomic mass is 10.0. The number of likely N-dealkylation sites (tertiary alicyclic amines) is 1. The van der Waals surface area contributed by atoms with Crippen LogP contribution in [0.5, 0.6) is 0 Å². The second-order valence-corrected chi connectivity index (χ2v) is 5.11. The van der Waals surface area contributed by atoms with Gasteiger partial charge in [-0.2, -0.15) is 0 Å². The Morgan fingerprint density at radius 1 is 1.35 bits per heavy atom. The number of piperidine rings is 1. The van der Waals surface area contributed by atoms with Gasteiger partial charge in [0.15, 0.2) is 0 Å². The molecule has 1 aliphatic heterocycles. The van der Waals surface area contributed by atoms with Gasteiger partial charge in [0.2, 0.25) is 0 Å². The van der Waals surface area contributed by atoms with E-state index in [1.165, 1.54) is 25.9 Å². The first-order valence-electron chi connectivity index (χ1n) is 6.63. The Kier molecular flexibility index (Phi) is 4.51. The second kappa shape index (κ2) is 6.12. The summed E-state index contributed by atoms with van der Waals surface area (Å²) < 4.78 is 0. The van der Waals surface area contributed by atoms with E-state index in [4.69, 9.17) is 0 Å². The molecule has 0 unspecified atom stereocenters. The number of hydrogen-bond acceptors (Lipinski definition) is 3. The largest absolute Gasteiger partial charge is 0.308 e. The van der Waals surface area contributed by atoms with Gasteiger partial charge in [-0.25, -0.2) is 0 Å². The van der Waals surface area contributed by atoms with E-state index in [2.05, 4.69) is 35.1 Å². The van der Waals surface area contributed by atoms with Crippen LogP contribution in [-0.4, -0.2) is 35.1 Å². The molecule has 1 N–H and O–H groups in total. The van der Waals surface area contributed by atoms with Crippen molar-refractivity contribution < 1.29 is 0 Å². The molecule has 0 spiro atoms. The molecule has 2 rings (SSSR count). The van der Waals surface area contributed by atoms with Gasteiger partial charge < -0.3 is 10.2 Å². The molecule has 1 aromatic rings. The summed E-state index contributed by atoms with van der Waals surface area (Å²) in [5, 5.41) is 3.61. The summed E-state index contributed by atoms with van der Waals surface area (Å²) in [6.45, 7) is 7.89. The minimum Gasteiger partial charge on any atom is -0.308 e. The van der Waals surface area contributed by atoms with E-state index in [9.17, 15) is 0 Å². The average molecular weight is 233 g/mol. The maximum Gasteiger partial charge on any atom is 0.0541 e. The molecule has 17 heavy (non-hydrogen) atoms. The van der Waals surface area contributed by atoms with E-state index in [-0.39, 0.29) is 0 Å². The van der Waals surface area contributed by atoms with Crippen molar-refractivity contribution in [3.8, 4) is 0 Å². The summed E-state index contributed by atoms with van der Waals surface area (Å²) in [6.07, 6.45) is 4.37. The highest BCUT2D eigenvalue weighted by molar-refractivity contribution is 5.03. The first kappa shape index (κ1) is 12.5. The zero-order chi connectivity index (χ0) is 12.1. The first-order chi connectivity index (χ1) is 8.25. The molecule has 3 heteroatoms. The van der Waals surface area contributed by atoms with E-state index in [0.717, 1.165) is 12.2 Å². The Bertz CT molecular complexity index is 315. The monoisotopic (exact) mass is 233 g/mol. The van der Waals surface area contributed by atoms with Crippen LogP contribution in [0.25, 0.3) is 0 Å². The van der Waals surface area contributed by atoms with Gasteiger partial charge in [0, 0.05) is 24.8 Å². The fourth-order valence-electron chi connectivity index (χ4n) is 2.37. The van der Waals surface area contributed by atoms with Crippen molar-refractivity contribution in [3.05, 3.63) is 30.1 Å². The molecule has 3 nitrogen and oxygen atoms in total. The Morgan fingerprint density at radius 2 is 2.12 bits per heavy atom. The number of hydrogen-bond donors (Lipinski definition) is 1. The third kappa shape index (κ3) is 3.79. The molecule has 2 heterocycles. The number of pyridine rings is 1. The Labute approximate surface area is 104 Å². The van der Waals surface area contributed by atoms with Crippen LogP contribution in [-0.2, 0) is 6.54 Å². The Morgan fingerprint density at radius 3 is 2.71 bits per heavy atom. The van der Waals surface area contributed by atoms with E-state index < -0.39 is 0 Å². The van der Waals surface area contributed by atoms with Crippen molar-refractivity contribution >= 4 is 0 Å². The molecule has 94 valence electrons. The maximum absolute atomic E-state index is 4.33. The summed E-state index contributed by atoms with van der Waals surface area (Å²) in [5.41, 5.74) is 1.14. The van der Waals surface area contributed by atoms with Crippen molar-refractivity contribution in [3.63, 3.8) is 0 Å². The summed E-state index contributed by atoms with van der Waals surface area (Å²) in [6, 6.07) is 7.44. The molecule has 1 aliphatic rings. The standard InChI is InChI=1S/C14H23N3/c1-12(2)17-9-6-13(7-10-17)16-11-14-5-3-4-8-15-14/h3-5,8,12-13,16H,6-7,9-11H2,1-2H3. The minimum atomic E-state index is 0.659. The lowest BCUT2D eigenvalue weighted by Crippen LogP contribution is -2.44. The Balaban J connectivity index is 1.72. The highest BCUT2D eigenvalue weighted by Gasteiger charge is 2.20. The van der Waals surface area contributed by atoms with Gasteiger partial charge in [-0.3, -0.25) is 4.98 Å². The van der Waals surface area contributed by atoms with Crippen LogP contribution in [0.1, 0.15) is 32.4 Å². The zero-order valence-electron chi connectivity index (χ0n) is 10.9. The molecule has 1 fully saturated rings. The van der Waals surface area contributed by atoms with Crippen LogP contribution in [0.2, 0.25) is 0 Å². The molecular weight excluding hydrogens is 210 g/mol. The minimum absolute atomic E-state index is 0.659. The third-order valence-electron chi connectivity index (χ3n) is 3.56. The van der Waals surface area contributed by atoms with E-state index >= 15 is 0 Å². The number of aromatic nitrogens is 1. The van der Waals surface area contributed by atoms with E-state index in [1.807, 2.05) is 18.3 Å². The summed E-state index contributed by atoms with van der Waals surface area (Å²) in [7, 11) is 0. The molecular formula is C14H23N3. The van der Waals surface area contributed by atoms with Crippen molar-refractivity contribution in [2.75, 3.05) is 13.1 Å². The van der Waals surface area contributed by atoms with Crippen LogP contribution in [0.3, 0.4) is 0 Å². The van der Waals surface area contributed by atoms with E-state index in [0.29, 0.717) is 12.1 Å². The fourth-order valence-corrected chi connectivity index (χ4v) is 2.37. The SMILES string of the molecule is CC(C)N1CCC(NCc2ccccn2)CC1. The highest BCUT2D eigenvalue weighted by atomic mass is 15.2. The van der Waals surface area contributed by atoms with Gasteiger partial charge in [-0.15, -0.1) is 0 Å². The fraction of sp³-hybridized carbons (Fsp3) is 0.643. The molecule has 0 radical (unpaired) electrons. The summed E-state index contributed by atoms with van der Waals surface area (Å²) in [5.74, 6) is 0. The summed E-state index contributed by atoms with van der Waals surface area (Å²) in [4.78, 5) is 6.89. The van der Waals surface area contributed by atoms with Gasteiger partial charge in [0.1, 0.15) is 0 Å². The van der Waals surface area contributed by atoms with Crippen LogP contribution in [0.15, 0.2) is 24.4 Å². The lowest BCUT2D eigenvalue weighted by Gasteiger charge is -2.34. The maximum atomic E-state index is 4.33. The van der Waals surface area contributed by atoms with Crippen LogP contribution >= 0.6 is 0 Å². The molecule has 0 aromatic carbocycles. The molecule has 0 bridgehead atoms.